The van der Waals surface area contributed by atoms with Crippen LogP contribution < -0.4 is 15.5 Å². The van der Waals surface area contributed by atoms with Crippen LogP contribution in [0.15, 0.2) is 42.6 Å². The Balaban J connectivity index is 1.80. The Morgan fingerprint density at radius 3 is 2.81 bits per heavy atom. The van der Waals surface area contributed by atoms with Gasteiger partial charge < -0.3 is 15.5 Å². The number of nitrogens with one attached hydrogen (secondary N) is 2. The largest absolute Gasteiger partial charge is 0.388 e. The highest BCUT2D eigenvalue weighted by molar-refractivity contribution is 5.77. The number of benzene rings is 1. The fraction of sp³-hybridized carbons (Fsp3) is 0.250. The molecule has 0 atom stereocenters. The first-order chi connectivity index (χ1) is 12.6. The number of nitrogens with zero attached hydrogens (tertiary/aromatic N) is 4. The average Bonchev–Trinajstić information content (AvgIpc) is 3.03. The molecule has 0 saturated carbocycles. The van der Waals surface area contributed by atoms with E-state index in [1.165, 1.54) is 0 Å². The molecule has 4 rings (SSSR count). The van der Waals surface area contributed by atoms with Crippen molar-refractivity contribution in [3.63, 3.8) is 0 Å². The molecule has 26 heavy (non-hydrogen) atoms. The molecular formula is C20H22N6. The average molecular weight is 346 g/mol. The third-order valence-corrected chi connectivity index (χ3v) is 4.59. The van der Waals surface area contributed by atoms with Crippen LogP contribution in [0, 0.1) is 6.92 Å². The van der Waals surface area contributed by atoms with Gasteiger partial charge in [-0.1, -0.05) is 12.1 Å². The summed E-state index contributed by atoms with van der Waals surface area (Å²) in [6.07, 6.45) is 2.73. The molecule has 1 aromatic carbocycles. The number of fused-ring (bicyclic) bond motifs is 1. The summed E-state index contributed by atoms with van der Waals surface area (Å²) in [6, 6.07) is 12.1. The molecule has 6 heteroatoms. The molecule has 1 aliphatic rings. The van der Waals surface area contributed by atoms with Crippen molar-refractivity contribution in [2.75, 3.05) is 36.2 Å². The van der Waals surface area contributed by atoms with Crippen LogP contribution in [-0.4, -0.2) is 35.6 Å². The lowest BCUT2D eigenvalue weighted by Crippen LogP contribution is -2.15. The predicted molar refractivity (Wildman–Crippen MR) is 106 cm³/mol. The van der Waals surface area contributed by atoms with Gasteiger partial charge in [-0.25, -0.2) is 15.0 Å². The second-order valence-corrected chi connectivity index (χ2v) is 6.54. The summed E-state index contributed by atoms with van der Waals surface area (Å²) in [6.45, 7) is 3.00. The van der Waals surface area contributed by atoms with E-state index < -0.39 is 0 Å². The third kappa shape index (κ3) is 3.06. The second-order valence-electron chi connectivity index (χ2n) is 6.54. The summed E-state index contributed by atoms with van der Waals surface area (Å²) in [5.74, 6) is 2.32. The molecule has 0 saturated heterocycles. The minimum atomic E-state index is 0.728. The van der Waals surface area contributed by atoms with E-state index in [0.717, 1.165) is 58.6 Å². The summed E-state index contributed by atoms with van der Waals surface area (Å²) >= 11 is 0. The van der Waals surface area contributed by atoms with E-state index >= 15 is 0 Å². The Hall–Kier alpha value is -3.15. The third-order valence-electron chi connectivity index (χ3n) is 4.59. The molecule has 6 nitrogen and oxygen atoms in total. The van der Waals surface area contributed by atoms with Gasteiger partial charge >= 0.3 is 0 Å². The summed E-state index contributed by atoms with van der Waals surface area (Å²) < 4.78 is 0. The number of anilines is 4. The van der Waals surface area contributed by atoms with Crippen molar-refractivity contribution in [3.8, 4) is 11.4 Å². The topological polar surface area (TPSA) is 66.0 Å². The fourth-order valence-corrected chi connectivity index (χ4v) is 3.22. The summed E-state index contributed by atoms with van der Waals surface area (Å²) in [7, 11) is 3.99. The molecule has 3 aromatic rings. The minimum absolute atomic E-state index is 0.728. The number of hydrogen-bond acceptors (Lipinski definition) is 6. The monoisotopic (exact) mass is 346 g/mol. The SMILES string of the molecule is CNc1cccc(-c2nc3c(c(Nc4cc(C)ccn4)n2)N(C)CC3)c1. The minimum Gasteiger partial charge on any atom is -0.388 e. The Morgan fingerprint density at radius 2 is 2.00 bits per heavy atom. The van der Waals surface area contributed by atoms with Crippen LogP contribution in [0.5, 0.6) is 0 Å². The number of rotatable bonds is 4. The standard InChI is InChI=1S/C20H22N6/c1-13-7-9-22-17(11-13)24-20-18-16(8-10-26(18)3)23-19(25-20)14-5-4-6-15(12-14)21-2/h4-7,9,11-12,21H,8,10H2,1-3H3,(H,22,23,24,25). The summed E-state index contributed by atoms with van der Waals surface area (Å²) in [5.41, 5.74) is 5.32. The zero-order valence-electron chi connectivity index (χ0n) is 15.2. The Bertz CT molecular complexity index is 953. The van der Waals surface area contributed by atoms with Crippen molar-refractivity contribution >= 4 is 23.0 Å². The molecule has 2 aromatic heterocycles. The van der Waals surface area contributed by atoms with Crippen LogP contribution in [0.4, 0.5) is 23.0 Å². The maximum atomic E-state index is 4.83. The van der Waals surface area contributed by atoms with Crippen LogP contribution in [0.2, 0.25) is 0 Å². The van der Waals surface area contributed by atoms with Gasteiger partial charge in [-0.05, 0) is 36.8 Å². The number of aromatic nitrogens is 3. The molecule has 132 valence electrons. The maximum absolute atomic E-state index is 4.83. The molecule has 0 radical (unpaired) electrons. The number of aryl methyl sites for hydroxylation is 1. The zero-order chi connectivity index (χ0) is 18.1. The lowest BCUT2D eigenvalue weighted by molar-refractivity contribution is 0.944. The van der Waals surface area contributed by atoms with E-state index in [1.54, 1.807) is 6.20 Å². The lowest BCUT2D eigenvalue weighted by Gasteiger charge is -2.17. The number of pyridine rings is 1. The first-order valence-electron chi connectivity index (χ1n) is 8.74. The maximum Gasteiger partial charge on any atom is 0.162 e. The zero-order valence-corrected chi connectivity index (χ0v) is 15.2. The first kappa shape index (κ1) is 16.3. The van der Waals surface area contributed by atoms with E-state index in [9.17, 15) is 0 Å². The van der Waals surface area contributed by atoms with Gasteiger partial charge in [0.15, 0.2) is 11.6 Å². The molecule has 0 fully saturated rings. The van der Waals surface area contributed by atoms with Crippen molar-refractivity contribution in [1.29, 1.82) is 0 Å². The van der Waals surface area contributed by atoms with E-state index in [1.807, 2.05) is 37.4 Å². The van der Waals surface area contributed by atoms with Crippen molar-refractivity contribution < 1.29 is 0 Å². The Kier molecular flexibility index (Phi) is 4.16. The fourth-order valence-electron chi connectivity index (χ4n) is 3.22. The van der Waals surface area contributed by atoms with E-state index in [-0.39, 0.29) is 0 Å². The predicted octanol–water partition coefficient (Wildman–Crippen LogP) is 3.62. The molecule has 0 aliphatic carbocycles. The van der Waals surface area contributed by atoms with E-state index in [4.69, 9.17) is 9.97 Å². The van der Waals surface area contributed by atoms with Crippen molar-refractivity contribution in [2.45, 2.75) is 13.3 Å². The van der Waals surface area contributed by atoms with Crippen LogP contribution in [0.3, 0.4) is 0 Å². The Labute approximate surface area is 153 Å². The van der Waals surface area contributed by atoms with Crippen molar-refractivity contribution in [1.82, 2.24) is 15.0 Å². The molecule has 0 amide bonds. The molecule has 0 spiro atoms. The van der Waals surface area contributed by atoms with Crippen molar-refractivity contribution in [3.05, 3.63) is 53.9 Å². The first-order valence-corrected chi connectivity index (χ1v) is 8.74. The van der Waals surface area contributed by atoms with Crippen LogP contribution >= 0.6 is 0 Å². The van der Waals surface area contributed by atoms with Crippen LogP contribution in [0.25, 0.3) is 11.4 Å². The number of hydrogen-bond donors (Lipinski definition) is 2. The highest BCUT2D eigenvalue weighted by Crippen LogP contribution is 2.35. The highest BCUT2D eigenvalue weighted by Gasteiger charge is 2.24. The van der Waals surface area contributed by atoms with Crippen LogP contribution in [0.1, 0.15) is 11.3 Å². The second kappa shape index (κ2) is 6.63. The quantitative estimate of drug-likeness (QED) is 0.752. The summed E-state index contributed by atoms with van der Waals surface area (Å²) in [5, 5.41) is 6.56. The Morgan fingerprint density at radius 1 is 1.12 bits per heavy atom. The molecule has 2 N–H and O–H groups in total. The normalized spacial score (nSPS) is 12.8. The smallest absolute Gasteiger partial charge is 0.162 e. The van der Waals surface area contributed by atoms with E-state index in [0.29, 0.717) is 0 Å². The molecule has 0 unspecified atom stereocenters. The van der Waals surface area contributed by atoms with Gasteiger partial charge in [0.25, 0.3) is 0 Å². The number of likely N-dealkylation sites (N-methyl/N-ethyl adjacent to an activating group) is 1. The van der Waals surface area contributed by atoms with Gasteiger partial charge in [0.2, 0.25) is 0 Å². The molecule has 1 aliphatic heterocycles. The van der Waals surface area contributed by atoms with Crippen LogP contribution in [-0.2, 0) is 6.42 Å². The van der Waals surface area contributed by atoms with Gasteiger partial charge in [-0.15, -0.1) is 0 Å². The molecular weight excluding hydrogens is 324 g/mol. The van der Waals surface area contributed by atoms with Gasteiger partial charge in [-0.3, -0.25) is 0 Å². The van der Waals surface area contributed by atoms with E-state index in [2.05, 4.69) is 40.6 Å². The molecule has 3 heterocycles. The summed E-state index contributed by atoms with van der Waals surface area (Å²) in [4.78, 5) is 16.3. The van der Waals surface area contributed by atoms with Gasteiger partial charge in [0, 0.05) is 44.5 Å². The molecule has 0 bridgehead atoms. The van der Waals surface area contributed by atoms with Gasteiger partial charge in [0.1, 0.15) is 11.5 Å². The highest BCUT2D eigenvalue weighted by atomic mass is 15.2. The van der Waals surface area contributed by atoms with Gasteiger partial charge in [-0.2, -0.15) is 0 Å². The van der Waals surface area contributed by atoms with Crippen molar-refractivity contribution in [2.24, 2.45) is 0 Å². The van der Waals surface area contributed by atoms with Gasteiger partial charge in [0.05, 0.1) is 5.69 Å². The lowest BCUT2D eigenvalue weighted by atomic mass is 10.1.